The Hall–Kier alpha value is -1.18. The fraction of sp³-hybridized carbons (Fsp3) is 0.875. The van der Waals surface area contributed by atoms with Crippen molar-refractivity contribution in [1.82, 2.24) is 4.90 Å². The quantitative estimate of drug-likeness (QED) is 0.472. The summed E-state index contributed by atoms with van der Waals surface area (Å²) in [4.78, 5) is 23.7. The van der Waals surface area contributed by atoms with Crippen molar-refractivity contribution in [3.05, 3.63) is 0 Å². The highest BCUT2D eigenvalue weighted by Gasteiger charge is 2.26. The molecule has 0 N–H and O–H groups in total. The van der Waals surface area contributed by atoms with Crippen LogP contribution in [0.2, 0.25) is 0 Å². The number of aldehydes is 1. The summed E-state index contributed by atoms with van der Waals surface area (Å²) in [5.41, 5.74) is -0.461. The molecule has 0 aromatic heterocycles. The number of amides is 1. The Kier molecular flexibility index (Phi) is 9.13. The van der Waals surface area contributed by atoms with Crippen molar-refractivity contribution in [2.75, 3.05) is 46.1 Å². The van der Waals surface area contributed by atoms with Crippen LogP contribution in [0.15, 0.2) is 0 Å². The summed E-state index contributed by atoms with van der Waals surface area (Å²) in [6, 6.07) is 0. The van der Waals surface area contributed by atoms with Crippen molar-refractivity contribution in [3.63, 3.8) is 0 Å². The van der Waals surface area contributed by atoms with Gasteiger partial charge in [-0.05, 0) is 33.6 Å². The molecular formula is C16H29NO6. The lowest BCUT2D eigenvalue weighted by Gasteiger charge is -2.33. The lowest BCUT2D eigenvalue weighted by molar-refractivity contribution is -0.112. The highest BCUT2D eigenvalue weighted by molar-refractivity contribution is 5.68. The molecule has 1 amide bonds. The maximum Gasteiger partial charge on any atom is 0.410 e. The van der Waals surface area contributed by atoms with Crippen LogP contribution in [0, 0.1) is 0 Å². The summed E-state index contributed by atoms with van der Waals surface area (Å²) < 4.78 is 21.4. The predicted octanol–water partition coefficient (Wildman–Crippen LogP) is 1.63. The Morgan fingerprint density at radius 2 is 1.70 bits per heavy atom. The van der Waals surface area contributed by atoms with Crippen LogP contribution in [0.5, 0.6) is 0 Å². The number of hydrogen-bond donors (Lipinski definition) is 0. The highest BCUT2D eigenvalue weighted by atomic mass is 16.6. The molecule has 0 unspecified atom stereocenters. The van der Waals surface area contributed by atoms with Crippen molar-refractivity contribution in [2.45, 2.75) is 45.3 Å². The highest BCUT2D eigenvalue weighted by Crippen LogP contribution is 2.17. The van der Waals surface area contributed by atoms with Gasteiger partial charge in [0.25, 0.3) is 0 Å². The Morgan fingerprint density at radius 1 is 1.09 bits per heavy atom. The molecule has 7 nitrogen and oxygen atoms in total. The average molecular weight is 331 g/mol. The van der Waals surface area contributed by atoms with Crippen LogP contribution < -0.4 is 0 Å². The van der Waals surface area contributed by atoms with Crippen LogP contribution in [0.3, 0.4) is 0 Å². The smallest absolute Gasteiger partial charge is 0.410 e. The molecule has 0 radical (unpaired) electrons. The zero-order valence-electron chi connectivity index (χ0n) is 14.4. The fourth-order valence-electron chi connectivity index (χ4n) is 2.16. The third-order valence-electron chi connectivity index (χ3n) is 3.23. The minimum Gasteiger partial charge on any atom is -0.444 e. The van der Waals surface area contributed by atoms with E-state index >= 15 is 0 Å². The van der Waals surface area contributed by atoms with E-state index < -0.39 is 5.60 Å². The number of carbonyl (C=O) groups excluding carboxylic acids is 2. The molecule has 0 atom stereocenters. The van der Waals surface area contributed by atoms with Crippen LogP contribution >= 0.6 is 0 Å². The van der Waals surface area contributed by atoms with Crippen LogP contribution in [0.1, 0.15) is 33.6 Å². The van der Waals surface area contributed by atoms with E-state index in [1.165, 1.54) is 0 Å². The third-order valence-corrected chi connectivity index (χ3v) is 3.23. The van der Waals surface area contributed by atoms with Gasteiger partial charge >= 0.3 is 6.09 Å². The first-order valence-corrected chi connectivity index (χ1v) is 8.11. The van der Waals surface area contributed by atoms with E-state index in [0.29, 0.717) is 45.8 Å². The van der Waals surface area contributed by atoms with Crippen molar-refractivity contribution in [2.24, 2.45) is 0 Å². The Labute approximate surface area is 138 Å². The van der Waals surface area contributed by atoms with Crippen LogP contribution in [-0.2, 0) is 23.7 Å². The molecule has 0 bridgehead atoms. The number of carbonyl (C=O) groups is 2. The topological polar surface area (TPSA) is 74.3 Å². The van der Waals surface area contributed by atoms with Gasteiger partial charge in [-0.3, -0.25) is 0 Å². The first kappa shape index (κ1) is 19.9. The van der Waals surface area contributed by atoms with E-state index in [0.717, 1.165) is 12.8 Å². The van der Waals surface area contributed by atoms with Gasteiger partial charge in [-0.2, -0.15) is 0 Å². The van der Waals surface area contributed by atoms with Crippen molar-refractivity contribution < 1.29 is 28.5 Å². The molecule has 134 valence electrons. The summed E-state index contributed by atoms with van der Waals surface area (Å²) in [6.07, 6.45) is 2.23. The molecular weight excluding hydrogens is 302 g/mol. The first-order chi connectivity index (χ1) is 10.9. The summed E-state index contributed by atoms with van der Waals surface area (Å²) in [7, 11) is 0. The second-order valence-corrected chi connectivity index (χ2v) is 6.39. The Morgan fingerprint density at radius 3 is 2.30 bits per heavy atom. The molecule has 1 rings (SSSR count). The Bertz CT molecular complexity index is 347. The Balaban J connectivity index is 2.04. The fourth-order valence-corrected chi connectivity index (χ4v) is 2.16. The molecule has 1 heterocycles. The SMILES string of the molecule is CC(C)(C)OC(=O)N1CCC(OCCOCCOCC=O)CC1. The van der Waals surface area contributed by atoms with Gasteiger partial charge in [-0.15, -0.1) is 0 Å². The molecule has 0 aromatic carbocycles. The van der Waals surface area contributed by atoms with Crippen LogP contribution in [-0.4, -0.2) is 75.1 Å². The minimum atomic E-state index is -0.461. The van der Waals surface area contributed by atoms with Gasteiger partial charge in [-0.1, -0.05) is 0 Å². The lowest BCUT2D eigenvalue weighted by atomic mass is 10.1. The minimum absolute atomic E-state index is 0.107. The second kappa shape index (κ2) is 10.6. The van der Waals surface area contributed by atoms with Gasteiger partial charge in [0.05, 0.1) is 32.5 Å². The normalized spacial score (nSPS) is 16.4. The number of ether oxygens (including phenoxy) is 4. The monoisotopic (exact) mass is 331 g/mol. The van der Waals surface area contributed by atoms with E-state index in [1.54, 1.807) is 4.90 Å². The molecule has 7 heteroatoms. The number of piperidine rings is 1. The second-order valence-electron chi connectivity index (χ2n) is 6.39. The zero-order chi connectivity index (χ0) is 17.1. The summed E-state index contributed by atoms with van der Waals surface area (Å²) >= 11 is 0. The number of hydrogen-bond acceptors (Lipinski definition) is 6. The van der Waals surface area contributed by atoms with E-state index in [-0.39, 0.29) is 18.8 Å². The van der Waals surface area contributed by atoms with Gasteiger partial charge in [0, 0.05) is 13.1 Å². The molecule has 0 saturated carbocycles. The number of likely N-dealkylation sites (tertiary alicyclic amines) is 1. The van der Waals surface area contributed by atoms with Gasteiger partial charge in [-0.25, -0.2) is 4.79 Å². The number of rotatable bonds is 9. The maximum atomic E-state index is 11.9. The van der Waals surface area contributed by atoms with Crippen LogP contribution in [0.25, 0.3) is 0 Å². The number of nitrogens with zero attached hydrogens (tertiary/aromatic N) is 1. The summed E-state index contributed by atoms with van der Waals surface area (Å²) in [6.45, 7) is 8.89. The first-order valence-electron chi connectivity index (χ1n) is 8.11. The average Bonchev–Trinajstić information content (AvgIpc) is 2.49. The van der Waals surface area contributed by atoms with Gasteiger partial charge in [0.1, 0.15) is 18.5 Å². The van der Waals surface area contributed by atoms with Crippen molar-refractivity contribution in [3.8, 4) is 0 Å². The zero-order valence-corrected chi connectivity index (χ0v) is 14.4. The van der Waals surface area contributed by atoms with E-state index in [9.17, 15) is 9.59 Å². The molecule has 0 aromatic rings. The van der Waals surface area contributed by atoms with E-state index in [4.69, 9.17) is 18.9 Å². The van der Waals surface area contributed by atoms with Crippen LogP contribution in [0.4, 0.5) is 4.79 Å². The van der Waals surface area contributed by atoms with Gasteiger partial charge in [0.2, 0.25) is 0 Å². The maximum absolute atomic E-state index is 11.9. The third kappa shape index (κ3) is 9.53. The standard InChI is InChI=1S/C16H29NO6/c1-16(2,3)23-15(19)17-6-4-14(5-7-17)22-13-12-21-11-10-20-9-8-18/h8,14H,4-7,9-13H2,1-3H3. The molecule has 1 aliphatic rings. The largest absolute Gasteiger partial charge is 0.444 e. The lowest BCUT2D eigenvalue weighted by Crippen LogP contribution is -2.43. The van der Waals surface area contributed by atoms with E-state index in [2.05, 4.69) is 0 Å². The van der Waals surface area contributed by atoms with Gasteiger partial charge < -0.3 is 28.6 Å². The van der Waals surface area contributed by atoms with E-state index in [1.807, 2.05) is 20.8 Å². The summed E-state index contributed by atoms with van der Waals surface area (Å²) in [5, 5.41) is 0. The predicted molar refractivity (Wildman–Crippen MR) is 84.5 cm³/mol. The molecule has 0 spiro atoms. The van der Waals surface area contributed by atoms with Crippen molar-refractivity contribution >= 4 is 12.4 Å². The summed E-state index contributed by atoms with van der Waals surface area (Å²) in [5.74, 6) is 0. The van der Waals surface area contributed by atoms with Gasteiger partial charge in [0.15, 0.2) is 0 Å². The van der Waals surface area contributed by atoms with Crippen molar-refractivity contribution in [1.29, 1.82) is 0 Å². The molecule has 1 saturated heterocycles. The molecule has 23 heavy (non-hydrogen) atoms. The molecule has 0 aliphatic carbocycles. The molecule has 1 aliphatic heterocycles. The molecule has 1 fully saturated rings.